The van der Waals surface area contributed by atoms with Gasteiger partial charge in [-0.25, -0.2) is 4.68 Å². The molecule has 0 bridgehead atoms. The van der Waals surface area contributed by atoms with Crippen LogP contribution in [0.1, 0.15) is 33.4 Å². The molecule has 1 aromatic rings. The first-order chi connectivity index (χ1) is 5.46. The Morgan fingerprint density at radius 2 is 2.00 bits per heavy atom. The zero-order chi connectivity index (χ0) is 9.35. The lowest BCUT2D eigenvalue weighted by Crippen LogP contribution is -2.19. The lowest BCUT2D eigenvalue weighted by molar-refractivity contribution is 0.464. The molecule has 1 aromatic heterocycles. The number of aryl methyl sites for hydroxylation is 1. The fraction of sp³-hybridized carbons (Fsp3) is 0.750. The molecular weight excluding hydrogens is 157 g/mol. The maximum absolute atomic E-state index is 13.1. The fourth-order valence-electron chi connectivity index (χ4n) is 1.21. The molecule has 1 rings (SSSR count). The molecule has 0 aliphatic heterocycles. The van der Waals surface area contributed by atoms with Gasteiger partial charge in [0.05, 0.1) is 0 Å². The molecule has 0 fully saturated rings. The summed E-state index contributed by atoms with van der Waals surface area (Å²) >= 11 is 0. The lowest BCUT2D eigenvalue weighted by atomic mass is 9.92. The van der Waals surface area contributed by atoms with Crippen LogP contribution >= 0.6 is 0 Å². The Balaban J connectivity index is 3.19. The van der Waals surface area contributed by atoms with Gasteiger partial charge in [0.15, 0.2) is 0 Å². The summed E-state index contributed by atoms with van der Waals surface area (Å²) in [6.45, 7) is 8.41. The van der Waals surface area contributed by atoms with Gasteiger partial charge < -0.3 is 0 Å². The Kier molecular flexibility index (Phi) is 2.17. The van der Waals surface area contributed by atoms with Gasteiger partial charge in [-0.2, -0.15) is 4.39 Å². The number of hydrogen-bond donors (Lipinski definition) is 0. The highest BCUT2D eigenvalue weighted by atomic mass is 19.1. The van der Waals surface area contributed by atoms with Gasteiger partial charge >= 0.3 is 0 Å². The van der Waals surface area contributed by atoms with Crippen LogP contribution in [0.3, 0.4) is 0 Å². The molecule has 0 spiro atoms. The smallest absolute Gasteiger partial charge is 0.246 e. The second kappa shape index (κ2) is 2.84. The summed E-state index contributed by atoms with van der Waals surface area (Å²) < 4.78 is 14.7. The van der Waals surface area contributed by atoms with Crippen molar-refractivity contribution in [3.8, 4) is 0 Å². The van der Waals surface area contributed by atoms with Crippen molar-refractivity contribution in [2.24, 2.45) is 0 Å². The van der Waals surface area contributed by atoms with Gasteiger partial charge in [-0.15, -0.1) is 0 Å². The molecule has 0 unspecified atom stereocenters. The van der Waals surface area contributed by atoms with E-state index in [2.05, 4.69) is 10.3 Å². The summed E-state index contributed by atoms with van der Waals surface area (Å²) in [7, 11) is 0. The zero-order valence-corrected chi connectivity index (χ0v) is 7.93. The predicted molar refractivity (Wildman–Crippen MR) is 44.4 cm³/mol. The second-order valence-electron chi connectivity index (χ2n) is 3.79. The van der Waals surface area contributed by atoms with E-state index < -0.39 is 5.95 Å². The zero-order valence-electron chi connectivity index (χ0n) is 7.93. The first-order valence-electron chi connectivity index (χ1n) is 4.06. The third-order valence-corrected chi connectivity index (χ3v) is 1.70. The van der Waals surface area contributed by atoms with E-state index in [0.29, 0.717) is 12.2 Å². The van der Waals surface area contributed by atoms with E-state index in [-0.39, 0.29) is 5.41 Å². The van der Waals surface area contributed by atoms with Gasteiger partial charge in [-0.05, 0) is 6.92 Å². The topological polar surface area (TPSA) is 30.7 Å². The minimum Gasteiger partial charge on any atom is -0.246 e. The van der Waals surface area contributed by atoms with E-state index in [9.17, 15) is 4.39 Å². The minimum atomic E-state index is -0.454. The molecular formula is C8H14FN3. The molecule has 0 aromatic carbocycles. The molecule has 12 heavy (non-hydrogen) atoms. The van der Waals surface area contributed by atoms with Crippen molar-refractivity contribution in [2.75, 3.05) is 0 Å². The van der Waals surface area contributed by atoms with Gasteiger partial charge in [0.1, 0.15) is 5.69 Å². The third kappa shape index (κ3) is 1.47. The Bertz CT molecular complexity index is 272. The third-order valence-electron chi connectivity index (χ3n) is 1.70. The summed E-state index contributed by atoms with van der Waals surface area (Å²) in [5.41, 5.74) is 0.342. The largest absolute Gasteiger partial charge is 0.256 e. The predicted octanol–water partition coefficient (Wildman–Crippen LogP) is 1.73. The first kappa shape index (κ1) is 9.16. The van der Waals surface area contributed by atoms with E-state index in [4.69, 9.17) is 0 Å². The average Bonchev–Trinajstić information content (AvgIpc) is 2.29. The molecule has 0 atom stereocenters. The van der Waals surface area contributed by atoms with Crippen LogP contribution < -0.4 is 0 Å². The first-order valence-corrected chi connectivity index (χ1v) is 4.06. The van der Waals surface area contributed by atoms with E-state index >= 15 is 0 Å². The van der Waals surface area contributed by atoms with Gasteiger partial charge in [0, 0.05) is 12.0 Å². The highest BCUT2D eigenvalue weighted by molar-refractivity contribution is 5.09. The van der Waals surface area contributed by atoms with Crippen LogP contribution in [0.15, 0.2) is 0 Å². The summed E-state index contributed by atoms with van der Waals surface area (Å²) in [5, 5.41) is 7.09. The highest BCUT2D eigenvalue weighted by Gasteiger charge is 2.24. The maximum Gasteiger partial charge on any atom is 0.256 e. The van der Waals surface area contributed by atoms with Crippen LogP contribution in [0.2, 0.25) is 0 Å². The number of hydrogen-bond acceptors (Lipinski definition) is 2. The van der Waals surface area contributed by atoms with Crippen LogP contribution in [0.25, 0.3) is 0 Å². The van der Waals surface area contributed by atoms with Gasteiger partial charge in [0.2, 0.25) is 0 Å². The van der Waals surface area contributed by atoms with Gasteiger partial charge in [-0.3, -0.25) is 0 Å². The molecule has 4 heteroatoms. The number of halogens is 1. The standard InChI is InChI=1S/C8H14FN3/c1-5-12-6(8(2,3)4)7(9)10-11-12/h5H2,1-4H3. The molecule has 0 radical (unpaired) electrons. The van der Waals surface area contributed by atoms with Crippen LogP contribution in [0, 0.1) is 5.95 Å². The Hall–Kier alpha value is -0.930. The van der Waals surface area contributed by atoms with Crippen LogP contribution in [0.5, 0.6) is 0 Å². The number of nitrogens with zero attached hydrogens (tertiary/aromatic N) is 3. The van der Waals surface area contributed by atoms with Crippen molar-refractivity contribution in [1.29, 1.82) is 0 Å². The van der Waals surface area contributed by atoms with Gasteiger partial charge in [-0.1, -0.05) is 31.1 Å². The van der Waals surface area contributed by atoms with E-state index in [1.165, 1.54) is 0 Å². The molecule has 0 saturated heterocycles. The number of aromatic nitrogens is 3. The van der Waals surface area contributed by atoms with Gasteiger partial charge in [0.25, 0.3) is 5.95 Å². The fourth-order valence-corrected chi connectivity index (χ4v) is 1.21. The van der Waals surface area contributed by atoms with Crippen molar-refractivity contribution in [1.82, 2.24) is 15.0 Å². The van der Waals surface area contributed by atoms with Crippen LogP contribution in [0.4, 0.5) is 4.39 Å². The summed E-state index contributed by atoms with van der Waals surface area (Å²) in [6.07, 6.45) is 0. The average molecular weight is 171 g/mol. The molecule has 68 valence electrons. The lowest BCUT2D eigenvalue weighted by Gasteiger charge is -2.18. The molecule has 0 N–H and O–H groups in total. The summed E-state index contributed by atoms with van der Waals surface area (Å²) in [5.74, 6) is -0.454. The Morgan fingerprint density at radius 3 is 2.33 bits per heavy atom. The Morgan fingerprint density at radius 1 is 1.42 bits per heavy atom. The second-order valence-corrected chi connectivity index (χ2v) is 3.79. The van der Waals surface area contributed by atoms with Crippen LogP contribution in [-0.4, -0.2) is 15.0 Å². The highest BCUT2D eigenvalue weighted by Crippen LogP contribution is 2.23. The summed E-state index contributed by atoms with van der Waals surface area (Å²) in [6, 6.07) is 0. The monoisotopic (exact) mass is 171 g/mol. The molecule has 0 aliphatic rings. The SMILES string of the molecule is CCn1nnc(F)c1C(C)(C)C. The normalized spacial score (nSPS) is 12.1. The van der Waals surface area contributed by atoms with E-state index in [1.807, 2.05) is 27.7 Å². The Labute approximate surface area is 71.6 Å². The molecule has 0 amide bonds. The van der Waals surface area contributed by atoms with E-state index in [1.54, 1.807) is 4.68 Å². The number of rotatable bonds is 1. The van der Waals surface area contributed by atoms with Crippen molar-refractivity contribution >= 4 is 0 Å². The van der Waals surface area contributed by atoms with Crippen molar-refractivity contribution in [3.63, 3.8) is 0 Å². The van der Waals surface area contributed by atoms with Crippen molar-refractivity contribution in [2.45, 2.75) is 39.7 Å². The molecule has 0 aliphatic carbocycles. The van der Waals surface area contributed by atoms with Crippen LogP contribution in [-0.2, 0) is 12.0 Å². The van der Waals surface area contributed by atoms with Crippen molar-refractivity contribution < 1.29 is 4.39 Å². The minimum absolute atomic E-state index is 0.233. The summed E-state index contributed by atoms with van der Waals surface area (Å²) in [4.78, 5) is 0. The van der Waals surface area contributed by atoms with Crippen molar-refractivity contribution in [3.05, 3.63) is 11.6 Å². The van der Waals surface area contributed by atoms with E-state index in [0.717, 1.165) is 0 Å². The molecule has 0 saturated carbocycles. The maximum atomic E-state index is 13.1. The quantitative estimate of drug-likeness (QED) is 0.644. The molecule has 1 heterocycles. The molecule has 3 nitrogen and oxygen atoms in total.